The van der Waals surface area contributed by atoms with Crippen molar-refractivity contribution in [1.82, 2.24) is 0 Å². The first kappa shape index (κ1) is 18.5. The van der Waals surface area contributed by atoms with Crippen LogP contribution in [0.3, 0.4) is 0 Å². The summed E-state index contributed by atoms with van der Waals surface area (Å²) in [5.74, 6) is -0.125. The van der Waals surface area contributed by atoms with Crippen LogP contribution < -0.4 is 0 Å². The van der Waals surface area contributed by atoms with Gasteiger partial charge in [0, 0.05) is 6.61 Å². The van der Waals surface area contributed by atoms with Crippen LogP contribution >= 0.6 is 0 Å². The van der Waals surface area contributed by atoms with Gasteiger partial charge in [0.15, 0.2) is 0 Å². The maximum atomic E-state index is 11.9. The zero-order valence-electron chi connectivity index (χ0n) is 14.1. The minimum Gasteiger partial charge on any atom is -0.469 e. The number of unbranched alkanes of at least 4 members (excludes halogenated alkanes) is 7. The molecule has 3 heteroatoms. The summed E-state index contributed by atoms with van der Waals surface area (Å²) in [6.07, 6.45) is 14.7. The first-order valence-electron chi connectivity index (χ1n) is 8.99. The van der Waals surface area contributed by atoms with Crippen LogP contribution in [0.15, 0.2) is 0 Å². The molecule has 0 bridgehead atoms. The van der Waals surface area contributed by atoms with Crippen LogP contribution in [0.4, 0.5) is 0 Å². The van der Waals surface area contributed by atoms with Gasteiger partial charge in [-0.25, -0.2) is 0 Å². The van der Waals surface area contributed by atoms with Crippen LogP contribution in [0.1, 0.15) is 84.0 Å². The highest BCUT2D eigenvalue weighted by molar-refractivity contribution is 5.72. The van der Waals surface area contributed by atoms with E-state index in [0.29, 0.717) is 0 Å². The quantitative estimate of drug-likeness (QED) is 0.403. The molecule has 21 heavy (non-hydrogen) atoms. The van der Waals surface area contributed by atoms with Crippen molar-refractivity contribution in [3.63, 3.8) is 0 Å². The summed E-state index contributed by atoms with van der Waals surface area (Å²) in [5, 5.41) is 0. The first-order valence-corrected chi connectivity index (χ1v) is 8.99. The summed E-state index contributed by atoms with van der Waals surface area (Å²) in [6.45, 7) is 3.05. The SMILES string of the molecule is CCCCCCCCCCC(C(=O)OC)C1CCCCO1. The van der Waals surface area contributed by atoms with E-state index in [1.54, 1.807) is 0 Å². The van der Waals surface area contributed by atoms with Gasteiger partial charge in [0.2, 0.25) is 0 Å². The van der Waals surface area contributed by atoms with E-state index in [9.17, 15) is 4.79 Å². The molecule has 0 radical (unpaired) electrons. The number of rotatable bonds is 11. The molecule has 124 valence electrons. The molecule has 0 aromatic rings. The van der Waals surface area contributed by atoms with Crippen molar-refractivity contribution in [3.8, 4) is 0 Å². The Morgan fingerprint density at radius 2 is 1.76 bits per heavy atom. The lowest BCUT2D eigenvalue weighted by Crippen LogP contribution is -2.34. The second-order valence-electron chi connectivity index (χ2n) is 6.30. The van der Waals surface area contributed by atoms with Crippen molar-refractivity contribution >= 4 is 5.97 Å². The summed E-state index contributed by atoms with van der Waals surface area (Å²) >= 11 is 0. The van der Waals surface area contributed by atoms with Crippen molar-refractivity contribution < 1.29 is 14.3 Å². The second-order valence-corrected chi connectivity index (χ2v) is 6.30. The molecule has 1 aliphatic rings. The van der Waals surface area contributed by atoms with Crippen LogP contribution in [0.5, 0.6) is 0 Å². The highest BCUT2D eigenvalue weighted by atomic mass is 16.5. The van der Waals surface area contributed by atoms with E-state index in [1.807, 2.05) is 0 Å². The number of hydrogen-bond acceptors (Lipinski definition) is 3. The van der Waals surface area contributed by atoms with Gasteiger partial charge in [-0.2, -0.15) is 0 Å². The lowest BCUT2D eigenvalue weighted by atomic mass is 9.90. The molecule has 3 nitrogen and oxygen atoms in total. The Balaban J connectivity index is 2.16. The predicted octanol–water partition coefficient (Wildman–Crippen LogP) is 4.88. The molecule has 1 aliphatic heterocycles. The fourth-order valence-electron chi connectivity index (χ4n) is 3.19. The molecule has 1 heterocycles. The smallest absolute Gasteiger partial charge is 0.311 e. The molecule has 0 aromatic heterocycles. The van der Waals surface area contributed by atoms with E-state index < -0.39 is 0 Å². The second kappa shape index (κ2) is 12.0. The highest BCUT2D eigenvalue weighted by Crippen LogP contribution is 2.25. The number of carbonyl (C=O) groups is 1. The lowest BCUT2D eigenvalue weighted by molar-refractivity contribution is -0.153. The van der Waals surface area contributed by atoms with Crippen molar-refractivity contribution in [1.29, 1.82) is 0 Å². The van der Waals surface area contributed by atoms with Gasteiger partial charge in [-0.1, -0.05) is 58.3 Å². The van der Waals surface area contributed by atoms with Crippen LogP contribution in [-0.2, 0) is 14.3 Å². The summed E-state index contributed by atoms with van der Waals surface area (Å²) in [6, 6.07) is 0. The average molecular weight is 298 g/mol. The van der Waals surface area contributed by atoms with Crippen molar-refractivity contribution in [2.24, 2.45) is 5.92 Å². The molecule has 0 amide bonds. The molecule has 0 saturated carbocycles. The third kappa shape index (κ3) is 7.85. The third-order valence-corrected chi connectivity index (χ3v) is 4.54. The first-order chi connectivity index (χ1) is 10.3. The molecule has 2 unspecified atom stereocenters. The van der Waals surface area contributed by atoms with Crippen LogP contribution in [0.25, 0.3) is 0 Å². The Morgan fingerprint density at radius 3 is 2.33 bits per heavy atom. The maximum absolute atomic E-state index is 11.9. The minimum absolute atomic E-state index is 0.0459. The fraction of sp³-hybridized carbons (Fsp3) is 0.944. The zero-order chi connectivity index (χ0) is 15.3. The average Bonchev–Trinajstić information content (AvgIpc) is 2.53. The molecule has 1 fully saturated rings. The standard InChI is InChI=1S/C18H34O3/c1-3-4-5-6-7-8-9-10-13-16(18(19)20-2)17-14-11-12-15-21-17/h16-17H,3-15H2,1-2H3. The van der Waals surface area contributed by atoms with Crippen molar-refractivity contribution in [2.45, 2.75) is 90.1 Å². The number of esters is 1. The largest absolute Gasteiger partial charge is 0.469 e. The molecule has 1 saturated heterocycles. The Hall–Kier alpha value is -0.570. The zero-order valence-corrected chi connectivity index (χ0v) is 14.1. The van der Waals surface area contributed by atoms with E-state index in [0.717, 1.165) is 32.3 Å². The maximum Gasteiger partial charge on any atom is 0.311 e. The van der Waals surface area contributed by atoms with Crippen molar-refractivity contribution in [2.75, 3.05) is 13.7 Å². The number of ether oxygens (including phenoxy) is 2. The molecule has 0 aromatic carbocycles. The topological polar surface area (TPSA) is 35.5 Å². The number of hydrogen-bond donors (Lipinski definition) is 0. The van der Waals surface area contributed by atoms with Gasteiger partial charge in [-0.3, -0.25) is 4.79 Å². The van der Waals surface area contributed by atoms with Gasteiger partial charge in [0.1, 0.15) is 0 Å². The molecular formula is C18H34O3. The van der Waals surface area contributed by atoms with Crippen LogP contribution in [-0.4, -0.2) is 25.8 Å². The summed E-state index contributed by atoms with van der Waals surface area (Å²) in [4.78, 5) is 11.9. The van der Waals surface area contributed by atoms with Gasteiger partial charge in [0.05, 0.1) is 19.1 Å². The number of carbonyl (C=O) groups excluding carboxylic acids is 1. The summed E-state index contributed by atoms with van der Waals surface area (Å²) in [5.41, 5.74) is 0. The van der Waals surface area contributed by atoms with E-state index in [1.165, 1.54) is 58.5 Å². The molecule has 0 spiro atoms. The Bertz CT molecular complexity index is 259. The van der Waals surface area contributed by atoms with Crippen molar-refractivity contribution in [3.05, 3.63) is 0 Å². The molecule has 0 aliphatic carbocycles. The van der Waals surface area contributed by atoms with Gasteiger partial charge in [-0.15, -0.1) is 0 Å². The van der Waals surface area contributed by atoms with Crippen LogP contribution in [0, 0.1) is 5.92 Å². The lowest BCUT2D eigenvalue weighted by Gasteiger charge is -2.28. The minimum atomic E-state index is -0.0788. The summed E-state index contributed by atoms with van der Waals surface area (Å²) in [7, 11) is 1.49. The molecular weight excluding hydrogens is 264 g/mol. The highest BCUT2D eigenvalue weighted by Gasteiger charge is 2.30. The van der Waals surface area contributed by atoms with E-state index >= 15 is 0 Å². The van der Waals surface area contributed by atoms with Gasteiger partial charge >= 0.3 is 5.97 Å². The molecule has 2 atom stereocenters. The molecule has 0 N–H and O–H groups in total. The Labute approximate surface area is 130 Å². The molecule has 1 rings (SSSR count). The van der Waals surface area contributed by atoms with E-state index in [2.05, 4.69) is 6.92 Å². The monoisotopic (exact) mass is 298 g/mol. The Morgan fingerprint density at radius 1 is 1.10 bits per heavy atom. The van der Waals surface area contributed by atoms with Gasteiger partial charge < -0.3 is 9.47 Å². The fourth-order valence-corrected chi connectivity index (χ4v) is 3.19. The van der Waals surface area contributed by atoms with Gasteiger partial charge in [-0.05, 0) is 25.7 Å². The van der Waals surface area contributed by atoms with E-state index in [-0.39, 0.29) is 18.0 Å². The van der Waals surface area contributed by atoms with Crippen LogP contribution in [0.2, 0.25) is 0 Å². The third-order valence-electron chi connectivity index (χ3n) is 4.54. The Kier molecular flexibility index (Phi) is 10.6. The van der Waals surface area contributed by atoms with Gasteiger partial charge in [0.25, 0.3) is 0 Å². The normalized spacial score (nSPS) is 20.2. The summed E-state index contributed by atoms with van der Waals surface area (Å²) < 4.78 is 10.8. The van der Waals surface area contributed by atoms with E-state index in [4.69, 9.17) is 9.47 Å². The number of methoxy groups -OCH3 is 1. The predicted molar refractivity (Wildman–Crippen MR) is 86.3 cm³/mol.